The number of nitrogens with two attached hydrogens (primary N) is 1. The third kappa shape index (κ3) is 13.8. The summed E-state index contributed by atoms with van der Waals surface area (Å²) < 4.78 is 62.7. The molecular weight excluding hydrogens is 1070 g/mol. The summed E-state index contributed by atoms with van der Waals surface area (Å²) in [6.07, 6.45) is 1.16. The van der Waals surface area contributed by atoms with E-state index in [2.05, 4.69) is 55.2 Å². The number of imidazole rings is 1. The van der Waals surface area contributed by atoms with Crippen molar-refractivity contribution in [3.63, 3.8) is 0 Å². The van der Waals surface area contributed by atoms with Crippen LogP contribution in [0.4, 0.5) is 5.82 Å². The number of aliphatic hydroxyl groups is 3. The molecule has 0 radical (unpaired) electrons. The molecule has 2 amide bonds. The van der Waals surface area contributed by atoms with Gasteiger partial charge in [-0.05, 0) is 91.8 Å². The number of Topliss-reactive ketones (excluding diaryl/α,β-unsaturated/α-hetero) is 1. The van der Waals surface area contributed by atoms with Gasteiger partial charge in [0.05, 0.1) is 25.6 Å². The highest BCUT2D eigenvalue weighted by Crippen LogP contribution is 2.68. The van der Waals surface area contributed by atoms with E-state index in [4.69, 9.17) is 19.5 Å². The molecule has 5 fully saturated rings. The number of carbonyl (C=O) groups is 4. The van der Waals surface area contributed by atoms with Gasteiger partial charge in [-0.25, -0.2) is 28.6 Å². The first-order valence-electron chi connectivity index (χ1n) is 25.2. The fourth-order valence-electron chi connectivity index (χ4n) is 12.8. The Balaban J connectivity index is 0.778. The number of hydrogen-bond donors (Lipinski definition) is 10. The molecule has 0 spiro atoms. The lowest BCUT2D eigenvalue weighted by Gasteiger charge is -2.60. The van der Waals surface area contributed by atoms with E-state index < -0.39 is 84.6 Å². The minimum absolute atomic E-state index is 0.0253. The molecule has 422 valence electrons. The molecule has 2 aromatic heterocycles. The normalized spacial score (nSPS) is 33.4. The van der Waals surface area contributed by atoms with Gasteiger partial charge in [0, 0.05) is 49.4 Å². The lowest BCUT2D eigenvalue weighted by Crippen LogP contribution is -2.57. The number of phosphoric acid groups is 3. The predicted molar refractivity (Wildman–Crippen MR) is 267 cm³/mol. The first-order valence-corrected chi connectivity index (χ1v) is 30.7. The average Bonchev–Trinajstić information content (AvgIpc) is 4.01. The summed E-state index contributed by atoms with van der Waals surface area (Å²) in [7, 11) is -16.5. The maximum absolute atomic E-state index is 13.8. The Morgan fingerprint density at radius 3 is 2.37 bits per heavy atom. The van der Waals surface area contributed by atoms with Crippen LogP contribution in [-0.4, -0.2) is 140 Å². The molecule has 2 unspecified atom stereocenters. The highest BCUT2D eigenvalue weighted by molar-refractivity contribution is 8.13. The van der Waals surface area contributed by atoms with Crippen LogP contribution in [0.15, 0.2) is 12.7 Å². The second-order valence-electron chi connectivity index (χ2n) is 22.1. The van der Waals surface area contributed by atoms with E-state index in [1.165, 1.54) is 13.8 Å². The maximum atomic E-state index is 13.8. The van der Waals surface area contributed by atoms with E-state index >= 15 is 0 Å². The first-order chi connectivity index (χ1) is 34.9. The van der Waals surface area contributed by atoms with Crippen molar-refractivity contribution < 1.29 is 90.4 Å². The molecule has 11 N–H and O–H groups in total. The molecule has 3 heterocycles. The maximum Gasteiger partial charge on any atom is 0.481 e. The molecule has 1 aliphatic heterocycles. The summed E-state index contributed by atoms with van der Waals surface area (Å²) >= 11 is 1.14. The van der Waals surface area contributed by atoms with Gasteiger partial charge in [0.1, 0.15) is 42.0 Å². The van der Waals surface area contributed by atoms with Crippen LogP contribution in [0.25, 0.3) is 11.2 Å². The number of anilines is 1. The summed E-state index contributed by atoms with van der Waals surface area (Å²) in [6, 6.07) is 0. The summed E-state index contributed by atoms with van der Waals surface area (Å²) in [4.78, 5) is 103. The molecule has 4 saturated carbocycles. The van der Waals surface area contributed by atoms with E-state index in [9.17, 15) is 67.8 Å². The number of ketones is 1. The van der Waals surface area contributed by atoms with Crippen LogP contribution >= 0.6 is 35.2 Å². The smallest absolute Gasteiger partial charge is 0.393 e. The summed E-state index contributed by atoms with van der Waals surface area (Å²) in [5, 5.41) is 37.2. The van der Waals surface area contributed by atoms with Crippen LogP contribution in [0.2, 0.25) is 0 Å². The third-order valence-corrected chi connectivity index (χ3v) is 20.8. The molecule has 4 aliphatic carbocycles. The largest absolute Gasteiger partial charge is 0.481 e. The van der Waals surface area contributed by atoms with Crippen molar-refractivity contribution in [2.75, 3.05) is 37.8 Å². The first kappa shape index (κ1) is 59.8. The summed E-state index contributed by atoms with van der Waals surface area (Å²) in [5.74, 6) is 1.09. The molecule has 26 nitrogen and oxygen atoms in total. The molecule has 30 heteroatoms. The highest BCUT2D eigenvalue weighted by Gasteiger charge is 2.63. The quantitative estimate of drug-likeness (QED) is 0.0564. The lowest BCUT2D eigenvalue weighted by molar-refractivity contribution is -0.160. The number of nitrogen functional groups attached to an aromatic ring is 1. The predicted octanol–water partition coefficient (Wildman–Crippen LogP) is 3.28. The van der Waals surface area contributed by atoms with Gasteiger partial charge in [0.25, 0.3) is 0 Å². The zero-order chi connectivity index (χ0) is 55.1. The number of rotatable bonds is 23. The number of aromatic nitrogens is 4. The number of fused-ring (bicyclic) bond motifs is 6. The number of phosphoric ester groups is 3. The van der Waals surface area contributed by atoms with Crippen LogP contribution < -0.4 is 16.4 Å². The minimum atomic E-state index is -5.60. The molecular formula is C45H72N7O19P3S. The number of aliphatic hydroxyl groups excluding tert-OH is 3. The molecule has 7 rings (SSSR count). The molecule has 75 heavy (non-hydrogen) atoms. The Morgan fingerprint density at radius 1 is 0.960 bits per heavy atom. The van der Waals surface area contributed by atoms with Gasteiger partial charge >= 0.3 is 23.5 Å². The number of ether oxygens (including phenoxy) is 1. The van der Waals surface area contributed by atoms with Gasteiger partial charge < -0.3 is 56.0 Å². The number of nitrogens with one attached hydrogen (secondary N) is 2. The molecule has 16 atom stereocenters. The molecule has 5 aliphatic rings. The zero-order valence-electron chi connectivity index (χ0n) is 42.5. The molecule has 0 bridgehead atoms. The summed E-state index contributed by atoms with van der Waals surface area (Å²) in [5.41, 5.74) is 4.42. The fourth-order valence-corrected chi connectivity index (χ4v) is 16.3. The van der Waals surface area contributed by atoms with Gasteiger partial charge in [-0.2, -0.15) is 4.31 Å². The van der Waals surface area contributed by atoms with Crippen molar-refractivity contribution in [2.45, 2.75) is 142 Å². The van der Waals surface area contributed by atoms with Gasteiger partial charge in [-0.15, -0.1) is 0 Å². The second-order valence-corrected chi connectivity index (χ2v) is 27.5. The van der Waals surface area contributed by atoms with Crippen LogP contribution in [0.1, 0.15) is 111 Å². The molecule has 0 aromatic carbocycles. The van der Waals surface area contributed by atoms with Crippen molar-refractivity contribution in [3.05, 3.63) is 12.7 Å². The number of amides is 2. The number of nitrogens with zero attached hydrogens (tertiary/aromatic N) is 4. The number of hydrogen-bond acceptors (Lipinski definition) is 20. The van der Waals surface area contributed by atoms with Crippen LogP contribution in [0.3, 0.4) is 0 Å². The van der Waals surface area contributed by atoms with Crippen molar-refractivity contribution in [1.29, 1.82) is 0 Å². The van der Waals surface area contributed by atoms with Crippen LogP contribution in [-0.2, 0) is 55.5 Å². The van der Waals surface area contributed by atoms with Gasteiger partial charge in [-0.3, -0.25) is 37.3 Å². The van der Waals surface area contributed by atoms with Gasteiger partial charge in [0.2, 0.25) is 11.8 Å². The van der Waals surface area contributed by atoms with E-state index in [0.29, 0.717) is 48.0 Å². The van der Waals surface area contributed by atoms with Crippen LogP contribution in [0, 0.1) is 51.8 Å². The van der Waals surface area contributed by atoms with Crippen molar-refractivity contribution in [1.82, 2.24) is 30.2 Å². The minimum Gasteiger partial charge on any atom is -0.393 e. The third-order valence-electron chi connectivity index (χ3n) is 16.8. The Hall–Kier alpha value is -2.81. The van der Waals surface area contributed by atoms with Crippen molar-refractivity contribution in [3.8, 4) is 0 Å². The SMILES string of the molecule is C[C@H](CCC(=O)SCCNC(=O)CCNC(=O)[C@H](O)C(C)(C)COP(=O)(O)OP(=O)(O)OC[C@H]1O[C@@H](n2cnc3c(N)ncnc32)[C@H](O)[C@@H]1OP(=O)(O)O)[C@H]1CC[C@H]2[C@@H]3C(=O)C[C@@H]4C[C@H](O)CC[C@]4(C)[C@H]3CC[C@]12C. The monoisotopic (exact) mass is 1140 g/mol. The van der Waals surface area contributed by atoms with E-state index in [1.807, 2.05) is 0 Å². The van der Waals surface area contributed by atoms with Gasteiger partial charge in [-0.1, -0.05) is 46.4 Å². The standard InChI is InChI=1S/C45H72N7O19P3S/c1-24(27-7-8-28-34-29(11-14-45(27,28)5)44(4)13-10-26(53)18-25(44)19-30(34)54)6-9-33(56)75-17-16-47-32(55)12-15-48-41(59)38(58)43(2,3)21-68-74(65,66)71-73(63,64)67-20-31-37(70-72(60,61)62)36(57)42(69-31)52-23-51-35-39(46)49-22-50-40(35)52/h22-29,31,34,36-38,42,53,57-58H,6-21H2,1-5H3,(H,47,55)(H,48,59)(H,63,64)(H,65,66)(H2,46,49,50)(H2,60,61,62)/t24-,25+,26-,27-,28+,29+,31-,34+,36-,37-,38+,42-,44+,45-/m1/s1. The molecule has 1 saturated heterocycles. The number of thioether (sulfide) groups is 1. The Labute approximate surface area is 438 Å². The Bertz CT molecular complexity index is 2580. The highest BCUT2D eigenvalue weighted by atomic mass is 32.2. The molecule has 2 aromatic rings. The van der Waals surface area contributed by atoms with Gasteiger partial charge in [0.15, 0.2) is 22.8 Å². The Kier molecular flexibility index (Phi) is 18.7. The number of carbonyl (C=O) groups excluding carboxylic acids is 4. The zero-order valence-corrected chi connectivity index (χ0v) is 46.0. The average molecular weight is 1140 g/mol. The second kappa shape index (κ2) is 23.5. The van der Waals surface area contributed by atoms with Crippen LogP contribution in [0.5, 0.6) is 0 Å². The summed E-state index contributed by atoms with van der Waals surface area (Å²) in [6.45, 7) is 7.45. The topological polar surface area (TPSA) is 401 Å². The van der Waals surface area contributed by atoms with E-state index in [-0.39, 0.29) is 70.4 Å². The van der Waals surface area contributed by atoms with E-state index in [1.54, 1.807) is 0 Å². The fraction of sp³-hybridized carbons (Fsp3) is 0.800. The lowest BCUT2D eigenvalue weighted by atomic mass is 9.44. The van der Waals surface area contributed by atoms with E-state index in [0.717, 1.165) is 80.4 Å². The van der Waals surface area contributed by atoms with Crippen molar-refractivity contribution in [2.24, 2.45) is 51.8 Å². The Morgan fingerprint density at radius 2 is 1.65 bits per heavy atom. The van der Waals surface area contributed by atoms with Crippen molar-refractivity contribution >= 4 is 74.9 Å².